The summed E-state index contributed by atoms with van der Waals surface area (Å²) < 4.78 is 39.3. The number of carbonyl (C=O) groups is 2. The zero-order valence-electron chi connectivity index (χ0n) is 15.4. The van der Waals surface area contributed by atoms with E-state index < -0.39 is 12.1 Å². The maximum absolute atomic E-state index is 12.5. The van der Waals surface area contributed by atoms with E-state index in [1.165, 1.54) is 19.4 Å². The summed E-state index contributed by atoms with van der Waals surface area (Å²) in [5.41, 5.74) is 0.532. The molecule has 4 rings (SSSR count). The van der Waals surface area contributed by atoms with Crippen LogP contribution in [0.1, 0.15) is 23.3 Å². The van der Waals surface area contributed by atoms with Crippen molar-refractivity contribution in [3.63, 3.8) is 0 Å². The SMILES string of the molecule is Cn1ccc(C(=O)N2C[C@@H]3OCCN(CC4CC4)[C@@H]3C2)n1.O=C(O)C(F)(F)F. The van der Waals surface area contributed by atoms with Crippen LogP contribution in [-0.2, 0) is 16.6 Å². The number of aryl methyl sites for hydroxylation is 1. The molecule has 0 radical (unpaired) electrons. The second-order valence-corrected chi connectivity index (χ2v) is 7.30. The molecule has 8 nitrogen and oxygen atoms in total. The summed E-state index contributed by atoms with van der Waals surface area (Å²) in [7, 11) is 1.83. The molecular weight excluding hydrogens is 381 g/mol. The molecule has 11 heteroatoms. The van der Waals surface area contributed by atoms with Crippen molar-refractivity contribution in [1.29, 1.82) is 0 Å². The molecule has 0 spiro atoms. The number of hydrogen-bond donors (Lipinski definition) is 1. The molecule has 28 heavy (non-hydrogen) atoms. The number of rotatable bonds is 3. The normalized spacial score (nSPS) is 25.1. The molecule has 2 saturated heterocycles. The Morgan fingerprint density at radius 2 is 2.00 bits per heavy atom. The number of hydrogen-bond acceptors (Lipinski definition) is 5. The number of morpholine rings is 1. The van der Waals surface area contributed by atoms with Crippen LogP contribution in [0.5, 0.6) is 0 Å². The van der Waals surface area contributed by atoms with Crippen LogP contribution in [0.3, 0.4) is 0 Å². The maximum Gasteiger partial charge on any atom is 0.490 e. The Kier molecular flexibility index (Phi) is 5.94. The van der Waals surface area contributed by atoms with E-state index in [2.05, 4.69) is 10.00 Å². The number of alkyl halides is 3. The lowest BCUT2D eigenvalue weighted by Gasteiger charge is -2.36. The van der Waals surface area contributed by atoms with Crippen molar-refractivity contribution in [3.05, 3.63) is 18.0 Å². The number of carboxylic acids is 1. The van der Waals surface area contributed by atoms with Crippen molar-refractivity contribution in [2.75, 3.05) is 32.8 Å². The number of aromatic nitrogens is 2. The average molecular weight is 404 g/mol. The molecule has 0 aromatic carbocycles. The van der Waals surface area contributed by atoms with E-state index in [0.717, 1.165) is 25.6 Å². The maximum atomic E-state index is 12.5. The van der Waals surface area contributed by atoms with Crippen molar-refractivity contribution in [2.45, 2.75) is 31.2 Å². The van der Waals surface area contributed by atoms with Gasteiger partial charge in [-0.25, -0.2) is 4.79 Å². The summed E-state index contributed by atoms with van der Waals surface area (Å²) in [5, 5.41) is 11.3. The number of halogens is 3. The minimum Gasteiger partial charge on any atom is -0.475 e. The Labute approximate surface area is 159 Å². The lowest BCUT2D eigenvalue weighted by atomic mass is 10.1. The quantitative estimate of drug-likeness (QED) is 0.809. The molecule has 1 saturated carbocycles. The van der Waals surface area contributed by atoms with Gasteiger partial charge in [-0.2, -0.15) is 18.3 Å². The van der Waals surface area contributed by atoms with Crippen LogP contribution < -0.4 is 0 Å². The summed E-state index contributed by atoms with van der Waals surface area (Å²) in [6.07, 6.45) is -0.367. The van der Waals surface area contributed by atoms with E-state index in [4.69, 9.17) is 14.6 Å². The number of carboxylic acid groups (broad SMARTS) is 1. The second-order valence-electron chi connectivity index (χ2n) is 7.30. The fraction of sp³-hybridized carbons (Fsp3) is 0.706. The van der Waals surface area contributed by atoms with Crippen LogP contribution in [0.4, 0.5) is 13.2 Å². The Bertz CT molecular complexity index is 720. The van der Waals surface area contributed by atoms with E-state index in [1.54, 1.807) is 10.7 Å². The highest BCUT2D eigenvalue weighted by Crippen LogP contribution is 2.33. The van der Waals surface area contributed by atoms with Gasteiger partial charge in [0.05, 0.1) is 18.8 Å². The molecule has 0 unspecified atom stereocenters. The summed E-state index contributed by atoms with van der Waals surface area (Å²) in [6.45, 7) is 4.44. The summed E-state index contributed by atoms with van der Waals surface area (Å²) in [6, 6.07) is 2.15. The Hall–Kier alpha value is -2.14. The summed E-state index contributed by atoms with van der Waals surface area (Å²) in [4.78, 5) is 25.9. The first-order valence-electron chi connectivity index (χ1n) is 9.10. The molecule has 3 fully saturated rings. The topological polar surface area (TPSA) is 87.9 Å². The molecule has 1 aromatic heterocycles. The van der Waals surface area contributed by atoms with Gasteiger partial charge in [0.25, 0.3) is 5.91 Å². The van der Waals surface area contributed by atoms with Gasteiger partial charge in [0.15, 0.2) is 0 Å². The van der Waals surface area contributed by atoms with Crippen LogP contribution in [-0.4, -0.2) is 87.7 Å². The molecule has 1 aliphatic carbocycles. The number of nitrogens with zero attached hydrogens (tertiary/aromatic N) is 4. The first-order chi connectivity index (χ1) is 13.1. The number of likely N-dealkylation sites (tertiary alicyclic amines) is 1. The monoisotopic (exact) mass is 404 g/mol. The van der Waals surface area contributed by atoms with Gasteiger partial charge < -0.3 is 14.7 Å². The average Bonchev–Trinajstić information content (AvgIpc) is 3.15. The van der Waals surface area contributed by atoms with Crippen LogP contribution in [0, 0.1) is 5.92 Å². The van der Waals surface area contributed by atoms with Gasteiger partial charge in [-0.3, -0.25) is 14.4 Å². The van der Waals surface area contributed by atoms with Crippen molar-refractivity contribution in [2.24, 2.45) is 13.0 Å². The van der Waals surface area contributed by atoms with Gasteiger partial charge in [0, 0.05) is 39.4 Å². The number of ether oxygens (including phenoxy) is 1. The predicted octanol–water partition coefficient (Wildman–Crippen LogP) is 0.989. The predicted molar refractivity (Wildman–Crippen MR) is 90.6 cm³/mol. The van der Waals surface area contributed by atoms with E-state index in [0.29, 0.717) is 18.3 Å². The highest BCUT2D eigenvalue weighted by atomic mass is 19.4. The fourth-order valence-corrected chi connectivity index (χ4v) is 3.47. The molecule has 3 aliphatic rings. The van der Waals surface area contributed by atoms with Crippen molar-refractivity contribution in [3.8, 4) is 0 Å². The zero-order chi connectivity index (χ0) is 20.5. The fourth-order valence-electron chi connectivity index (χ4n) is 3.47. The third-order valence-corrected chi connectivity index (χ3v) is 5.07. The summed E-state index contributed by atoms with van der Waals surface area (Å²) in [5.74, 6) is -1.85. The molecule has 0 bridgehead atoms. The largest absolute Gasteiger partial charge is 0.490 e. The van der Waals surface area contributed by atoms with Gasteiger partial charge in [-0.05, 0) is 24.8 Å². The molecule has 1 amide bonds. The Morgan fingerprint density at radius 1 is 1.32 bits per heavy atom. The third-order valence-electron chi connectivity index (χ3n) is 5.07. The smallest absolute Gasteiger partial charge is 0.475 e. The van der Waals surface area contributed by atoms with E-state index in [9.17, 15) is 18.0 Å². The van der Waals surface area contributed by atoms with Crippen molar-refractivity contribution < 1.29 is 32.6 Å². The Morgan fingerprint density at radius 3 is 2.54 bits per heavy atom. The number of carbonyl (C=O) groups excluding carboxylic acids is 1. The van der Waals surface area contributed by atoms with Crippen molar-refractivity contribution in [1.82, 2.24) is 19.6 Å². The lowest BCUT2D eigenvalue weighted by molar-refractivity contribution is -0.192. The van der Waals surface area contributed by atoms with Gasteiger partial charge in [-0.1, -0.05) is 0 Å². The standard InChI is InChI=1S/C15H22N4O2.C2HF3O2/c1-17-5-4-12(16-17)15(20)19-9-13-14(10-19)21-7-6-18(13)8-11-2-3-11;3-2(4,5)1(6)7/h4-5,11,13-14H,2-3,6-10H2,1H3;(H,6,7)/t13-,14+;/m1./s1. The molecule has 156 valence electrons. The van der Waals surface area contributed by atoms with E-state index >= 15 is 0 Å². The molecular formula is C17H23F3N4O4. The molecule has 3 heterocycles. The van der Waals surface area contributed by atoms with Crippen LogP contribution >= 0.6 is 0 Å². The van der Waals surface area contributed by atoms with Crippen LogP contribution in [0.15, 0.2) is 12.3 Å². The molecule has 2 aliphatic heterocycles. The van der Waals surface area contributed by atoms with E-state index in [-0.39, 0.29) is 12.0 Å². The highest BCUT2D eigenvalue weighted by molar-refractivity contribution is 5.92. The molecule has 2 atom stereocenters. The second kappa shape index (κ2) is 8.08. The van der Waals surface area contributed by atoms with Crippen LogP contribution in [0.2, 0.25) is 0 Å². The molecule has 1 N–H and O–H groups in total. The minimum absolute atomic E-state index is 0.0278. The number of aliphatic carboxylic acids is 1. The number of amides is 1. The molecule has 1 aromatic rings. The Balaban J connectivity index is 0.000000279. The zero-order valence-corrected chi connectivity index (χ0v) is 15.4. The third kappa shape index (κ3) is 5.02. The minimum atomic E-state index is -5.08. The number of fused-ring (bicyclic) bond motifs is 1. The van der Waals surface area contributed by atoms with Gasteiger partial charge >= 0.3 is 12.1 Å². The van der Waals surface area contributed by atoms with Gasteiger partial charge in [0.2, 0.25) is 0 Å². The summed E-state index contributed by atoms with van der Waals surface area (Å²) >= 11 is 0. The van der Waals surface area contributed by atoms with Gasteiger partial charge in [-0.15, -0.1) is 0 Å². The lowest BCUT2D eigenvalue weighted by Crippen LogP contribution is -2.51. The highest BCUT2D eigenvalue weighted by Gasteiger charge is 2.43. The first kappa shape index (κ1) is 20.6. The van der Waals surface area contributed by atoms with Crippen molar-refractivity contribution >= 4 is 11.9 Å². The van der Waals surface area contributed by atoms with Gasteiger partial charge in [0.1, 0.15) is 5.69 Å². The van der Waals surface area contributed by atoms with E-state index in [1.807, 2.05) is 18.1 Å². The first-order valence-corrected chi connectivity index (χ1v) is 9.10. The van der Waals surface area contributed by atoms with Crippen LogP contribution in [0.25, 0.3) is 0 Å².